The van der Waals surface area contributed by atoms with Crippen molar-refractivity contribution in [3.05, 3.63) is 30.0 Å². The maximum atomic E-state index is 13.0. The van der Waals surface area contributed by atoms with Gasteiger partial charge in [-0.25, -0.2) is 4.79 Å². The van der Waals surface area contributed by atoms with Gasteiger partial charge < -0.3 is 10.8 Å². The van der Waals surface area contributed by atoms with E-state index in [2.05, 4.69) is 5.10 Å². The van der Waals surface area contributed by atoms with Crippen molar-refractivity contribution in [1.29, 1.82) is 0 Å². The van der Waals surface area contributed by atoms with Crippen molar-refractivity contribution in [3.8, 4) is 0 Å². The molecule has 1 aromatic carbocycles. The maximum absolute atomic E-state index is 13.0. The van der Waals surface area contributed by atoms with E-state index in [1.54, 1.807) is 31.2 Å². The number of aromatic nitrogens is 2. The first kappa shape index (κ1) is 15.3. The zero-order valence-corrected chi connectivity index (χ0v) is 11.2. The second kappa shape index (κ2) is 5.03. The van der Waals surface area contributed by atoms with Crippen LogP contribution in [0.5, 0.6) is 0 Å². The largest absolute Gasteiger partial charge is 0.480 e. The summed E-state index contributed by atoms with van der Waals surface area (Å²) in [6, 6.07) is 6.70. The lowest BCUT2D eigenvalue weighted by Gasteiger charge is -2.26. The second-order valence-electron chi connectivity index (χ2n) is 4.73. The average molecular weight is 301 g/mol. The Labute approximate surface area is 118 Å². The molecule has 5 nitrogen and oxygen atoms in total. The van der Waals surface area contributed by atoms with E-state index in [1.807, 2.05) is 0 Å². The first-order chi connectivity index (χ1) is 9.70. The van der Waals surface area contributed by atoms with Crippen molar-refractivity contribution in [1.82, 2.24) is 9.78 Å². The van der Waals surface area contributed by atoms with Crippen LogP contribution in [0.25, 0.3) is 10.9 Å². The highest BCUT2D eigenvalue weighted by atomic mass is 19.4. The summed E-state index contributed by atoms with van der Waals surface area (Å²) in [5.41, 5.74) is 2.43. The smallest absolute Gasteiger partial charge is 0.417 e. The molecule has 1 aromatic heterocycles. The quantitative estimate of drug-likeness (QED) is 0.904. The zero-order chi connectivity index (χ0) is 15.8. The van der Waals surface area contributed by atoms with Crippen molar-refractivity contribution in [2.75, 3.05) is 0 Å². The fourth-order valence-corrected chi connectivity index (χ4v) is 2.13. The van der Waals surface area contributed by atoms with E-state index >= 15 is 0 Å². The van der Waals surface area contributed by atoms with Crippen LogP contribution in [0.1, 0.15) is 12.6 Å². The molecule has 0 aliphatic rings. The lowest BCUT2D eigenvalue weighted by Crippen LogP contribution is -2.61. The van der Waals surface area contributed by atoms with Crippen LogP contribution >= 0.6 is 0 Å². The third-order valence-corrected chi connectivity index (χ3v) is 3.37. The van der Waals surface area contributed by atoms with Crippen molar-refractivity contribution >= 4 is 16.9 Å². The van der Waals surface area contributed by atoms with Crippen LogP contribution in [-0.4, -0.2) is 32.6 Å². The van der Waals surface area contributed by atoms with Gasteiger partial charge in [0.2, 0.25) is 5.54 Å². The fourth-order valence-electron chi connectivity index (χ4n) is 2.13. The van der Waals surface area contributed by atoms with Crippen LogP contribution in [0.15, 0.2) is 24.3 Å². The molecule has 1 atom stereocenters. The van der Waals surface area contributed by atoms with Crippen molar-refractivity contribution in [2.24, 2.45) is 5.73 Å². The molecule has 2 rings (SSSR count). The molecule has 8 heteroatoms. The molecule has 0 spiro atoms. The number of carboxylic acid groups (broad SMARTS) is 1. The van der Waals surface area contributed by atoms with Crippen molar-refractivity contribution < 1.29 is 23.1 Å². The number of hydrogen-bond acceptors (Lipinski definition) is 3. The Hall–Kier alpha value is -2.09. The number of fused-ring (bicyclic) bond motifs is 1. The van der Waals surface area contributed by atoms with Gasteiger partial charge in [0.05, 0.1) is 11.2 Å². The van der Waals surface area contributed by atoms with Gasteiger partial charge in [-0.2, -0.15) is 18.3 Å². The third-order valence-electron chi connectivity index (χ3n) is 3.37. The Morgan fingerprint density at radius 1 is 1.38 bits per heavy atom. The molecule has 1 heterocycles. The number of hydrogen-bond donors (Lipinski definition) is 2. The number of aryl methyl sites for hydroxylation is 1. The van der Waals surface area contributed by atoms with Gasteiger partial charge in [0.25, 0.3) is 0 Å². The molecule has 0 fully saturated rings. The molecule has 114 valence electrons. The SMILES string of the molecule is CCn1nc(CC(N)(C(=O)O)C(F)(F)F)c2ccccc21. The third kappa shape index (κ3) is 2.46. The minimum Gasteiger partial charge on any atom is -0.480 e. The Morgan fingerprint density at radius 2 is 2.00 bits per heavy atom. The van der Waals surface area contributed by atoms with Crippen LogP contribution in [0.4, 0.5) is 13.2 Å². The minimum atomic E-state index is -5.07. The van der Waals surface area contributed by atoms with Gasteiger partial charge in [-0.05, 0) is 13.0 Å². The number of benzene rings is 1. The molecule has 21 heavy (non-hydrogen) atoms. The number of carboxylic acids is 1. The molecule has 0 bridgehead atoms. The Morgan fingerprint density at radius 3 is 2.52 bits per heavy atom. The Kier molecular flexibility index (Phi) is 3.66. The molecule has 0 aliphatic carbocycles. The van der Waals surface area contributed by atoms with E-state index in [0.717, 1.165) is 0 Å². The van der Waals surface area contributed by atoms with Gasteiger partial charge >= 0.3 is 12.1 Å². The van der Waals surface area contributed by atoms with Gasteiger partial charge in [-0.1, -0.05) is 18.2 Å². The van der Waals surface area contributed by atoms with E-state index in [9.17, 15) is 18.0 Å². The standard InChI is InChI=1S/C13H14F3N3O2/c1-2-19-10-6-4-3-5-8(10)9(18-19)7-12(17,11(20)21)13(14,15)16/h3-6H,2,7,17H2,1H3,(H,20,21). The minimum absolute atomic E-state index is 0.0228. The number of para-hydroxylation sites is 1. The topological polar surface area (TPSA) is 81.1 Å². The van der Waals surface area contributed by atoms with Crippen LogP contribution in [0.3, 0.4) is 0 Å². The Bertz CT molecular complexity index is 681. The van der Waals surface area contributed by atoms with Crippen molar-refractivity contribution in [2.45, 2.75) is 31.6 Å². The summed E-state index contributed by atoms with van der Waals surface area (Å²) in [7, 11) is 0. The van der Waals surface area contributed by atoms with Crippen LogP contribution in [0, 0.1) is 0 Å². The number of carbonyl (C=O) groups is 1. The summed E-state index contributed by atoms with van der Waals surface area (Å²) in [4.78, 5) is 11.0. The molecule has 0 saturated heterocycles. The molecule has 1 unspecified atom stereocenters. The molecular weight excluding hydrogens is 287 g/mol. The highest BCUT2D eigenvalue weighted by Gasteiger charge is 2.58. The summed E-state index contributed by atoms with van der Waals surface area (Å²) < 4.78 is 40.5. The van der Waals surface area contributed by atoms with Crippen molar-refractivity contribution in [3.63, 3.8) is 0 Å². The fraction of sp³-hybridized carbons (Fsp3) is 0.385. The number of aliphatic carboxylic acids is 1. The van der Waals surface area contributed by atoms with Gasteiger partial charge in [-0.3, -0.25) is 4.68 Å². The Balaban J connectivity index is 2.55. The first-order valence-electron chi connectivity index (χ1n) is 6.24. The summed E-state index contributed by atoms with van der Waals surface area (Å²) in [6.45, 7) is 2.25. The number of nitrogens with zero attached hydrogens (tertiary/aromatic N) is 2. The van der Waals surface area contributed by atoms with E-state index in [4.69, 9.17) is 10.8 Å². The lowest BCUT2D eigenvalue weighted by molar-refractivity contribution is -0.201. The predicted molar refractivity (Wildman–Crippen MR) is 69.7 cm³/mol. The summed E-state index contributed by atoms with van der Waals surface area (Å²) in [5.74, 6) is -2.12. The van der Waals surface area contributed by atoms with Gasteiger partial charge in [0.15, 0.2) is 0 Å². The summed E-state index contributed by atoms with van der Waals surface area (Å²) >= 11 is 0. The van der Waals surface area contributed by atoms with E-state index in [0.29, 0.717) is 17.4 Å². The summed E-state index contributed by atoms with van der Waals surface area (Å²) in [5, 5.41) is 13.4. The number of halogens is 3. The molecule has 0 saturated carbocycles. The zero-order valence-electron chi connectivity index (χ0n) is 11.2. The van der Waals surface area contributed by atoms with Crippen LogP contribution in [0.2, 0.25) is 0 Å². The first-order valence-corrected chi connectivity index (χ1v) is 6.24. The molecule has 3 N–H and O–H groups in total. The molecule has 0 radical (unpaired) electrons. The normalized spacial score (nSPS) is 15.1. The number of rotatable bonds is 4. The number of alkyl halides is 3. The maximum Gasteiger partial charge on any atom is 0.417 e. The molecule has 2 aromatic rings. The van der Waals surface area contributed by atoms with E-state index < -0.39 is 24.1 Å². The predicted octanol–water partition coefficient (Wildman–Crippen LogP) is 1.94. The highest BCUT2D eigenvalue weighted by molar-refractivity contribution is 5.85. The summed E-state index contributed by atoms with van der Waals surface area (Å²) in [6.07, 6.45) is -5.99. The molecular formula is C13H14F3N3O2. The highest BCUT2D eigenvalue weighted by Crippen LogP contribution is 2.33. The van der Waals surface area contributed by atoms with Gasteiger partial charge in [0.1, 0.15) is 0 Å². The van der Waals surface area contributed by atoms with E-state index in [1.165, 1.54) is 4.68 Å². The lowest BCUT2D eigenvalue weighted by atomic mass is 9.93. The number of nitrogens with two attached hydrogens (primary N) is 1. The molecule has 0 aliphatic heterocycles. The van der Waals surface area contributed by atoms with E-state index in [-0.39, 0.29) is 5.69 Å². The van der Waals surface area contributed by atoms with Crippen LogP contribution in [-0.2, 0) is 17.8 Å². The van der Waals surface area contributed by atoms with Gasteiger partial charge in [0, 0.05) is 18.4 Å². The monoisotopic (exact) mass is 301 g/mol. The average Bonchev–Trinajstić information content (AvgIpc) is 2.75. The molecule has 0 amide bonds. The van der Waals surface area contributed by atoms with Crippen LogP contribution < -0.4 is 5.73 Å². The van der Waals surface area contributed by atoms with Gasteiger partial charge in [-0.15, -0.1) is 0 Å². The second-order valence-corrected chi connectivity index (χ2v) is 4.73.